The number of ether oxygens (including phenoxy) is 1. The van der Waals surface area contributed by atoms with E-state index in [0.29, 0.717) is 17.9 Å². The lowest BCUT2D eigenvalue weighted by atomic mass is 10.0. The Hall–Kier alpha value is -2.92. The van der Waals surface area contributed by atoms with Gasteiger partial charge in [0, 0.05) is 6.26 Å². The first kappa shape index (κ1) is 17.9. The lowest BCUT2D eigenvalue weighted by Gasteiger charge is -2.11. The summed E-state index contributed by atoms with van der Waals surface area (Å²) in [6, 6.07) is 21.6. The maximum atomic E-state index is 11.7. The molecule has 0 bridgehead atoms. The van der Waals surface area contributed by atoms with Crippen molar-refractivity contribution in [3.63, 3.8) is 0 Å². The van der Waals surface area contributed by atoms with Crippen LogP contribution in [0.15, 0.2) is 77.7 Å². The number of benzene rings is 3. The van der Waals surface area contributed by atoms with Crippen molar-refractivity contribution in [1.82, 2.24) is 0 Å². The van der Waals surface area contributed by atoms with Crippen LogP contribution in [-0.2, 0) is 16.4 Å². The van der Waals surface area contributed by atoms with Crippen molar-refractivity contribution < 1.29 is 17.9 Å². The summed E-state index contributed by atoms with van der Waals surface area (Å²) in [4.78, 5) is 11.7. The summed E-state index contributed by atoms with van der Waals surface area (Å²) in [5, 5.41) is 0. The van der Waals surface area contributed by atoms with Gasteiger partial charge in [-0.15, -0.1) is 0 Å². The average Bonchev–Trinajstić information content (AvgIpc) is 2.66. The van der Waals surface area contributed by atoms with Gasteiger partial charge in [-0.1, -0.05) is 48.5 Å². The molecule has 0 fully saturated rings. The van der Waals surface area contributed by atoms with E-state index in [0.717, 1.165) is 23.0 Å². The molecule has 132 valence electrons. The maximum absolute atomic E-state index is 11.7. The van der Waals surface area contributed by atoms with E-state index in [1.54, 1.807) is 30.3 Å². The number of carbonyl (C=O) groups excluding carboxylic acids is 1. The Labute approximate surface area is 153 Å². The van der Waals surface area contributed by atoms with E-state index < -0.39 is 9.84 Å². The second kappa shape index (κ2) is 7.54. The molecule has 26 heavy (non-hydrogen) atoms. The molecular formula is C21H18O4S. The van der Waals surface area contributed by atoms with Gasteiger partial charge in [0.05, 0.1) is 10.5 Å². The first-order valence-electron chi connectivity index (χ1n) is 8.04. The van der Waals surface area contributed by atoms with E-state index in [1.165, 1.54) is 6.26 Å². The fourth-order valence-electron chi connectivity index (χ4n) is 2.59. The Morgan fingerprint density at radius 1 is 0.885 bits per heavy atom. The standard InChI is InChI=1S/C21H18O4S/c1-26(23,24)20-9-5-8-17(13-20)18-10-11-21(19(12-18)14-22)25-15-16-6-3-2-4-7-16/h2-14H,15H2,1H3. The molecule has 0 saturated carbocycles. The Kier molecular flexibility index (Phi) is 5.19. The summed E-state index contributed by atoms with van der Waals surface area (Å²) in [6.45, 7) is 0.366. The van der Waals surface area contributed by atoms with E-state index in [-0.39, 0.29) is 4.90 Å². The van der Waals surface area contributed by atoms with Crippen LogP contribution in [0.5, 0.6) is 5.75 Å². The second-order valence-electron chi connectivity index (χ2n) is 5.94. The summed E-state index contributed by atoms with van der Waals surface area (Å²) >= 11 is 0. The zero-order valence-corrected chi connectivity index (χ0v) is 15.1. The molecule has 3 aromatic rings. The molecule has 0 saturated heterocycles. The quantitative estimate of drug-likeness (QED) is 0.615. The predicted molar refractivity (Wildman–Crippen MR) is 101 cm³/mol. The van der Waals surface area contributed by atoms with Crippen LogP contribution in [-0.4, -0.2) is 21.0 Å². The van der Waals surface area contributed by atoms with Crippen LogP contribution < -0.4 is 4.74 Å². The van der Waals surface area contributed by atoms with Gasteiger partial charge in [0.1, 0.15) is 12.4 Å². The highest BCUT2D eigenvalue weighted by atomic mass is 32.2. The van der Waals surface area contributed by atoms with Gasteiger partial charge in [-0.3, -0.25) is 4.79 Å². The van der Waals surface area contributed by atoms with E-state index >= 15 is 0 Å². The van der Waals surface area contributed by atoms with Crippen molar-refractivity contribution in [3.05, 3.63) is 83.9 Å². The van der Waals surface area contributed by atoms with Gasteiger partial charge in [-0.25, -0.2) is 8.42 Å². The summed E-state index contributed by atoms with van der Waals surface area (Å²) in [5.41, 5.74) is 2.91. The Morgan fingerprint density at radius 2 is 1.62 bits per heavy atom. The van der Waals surface area contributed by atoms with Crippen LogP contribution in [0.2, 0.25) is 0 Å². The normalized spacial score (nSPS) is 11.1. The lowest BCUT2D eigenvalue weighted by Crippen LogP contribution is -1.99. The van der Waals surface area contributed by atoms with Crippen LogP contribution in [0, 0.1) is 0 Å². The molecular weight excluding hydrogens is 348 g/mol. The summed E-state index contributed by atoms with van der Waals surface area (Å²) in [5.74, 6) is 0.492. The number of hydrogen-bond acceptors (Lipinski definition) is 4. The Bertz CT molecular complexity index is 1020. The van der Waals surface area contributed by atoms with Crippen molar-refractivity contribution >= 4 is 16.1 Å². The Morgan fingerprint density at radius 3 is 2.31 bits per heavy atom. The predicted octanol–water partition coefficient (Wildman–Crippen LogP) is 4.15. The smallest absolute Gasteiger partial charge is 0.175 e. The molecule has 0 aromatic heterocycles. The molecule has 0 N–H and O–H groups in total. The molecule has 0 spiro atoms. The largest absolute Gasteiger partial charge is 0.488 e. The first-order valence-corrected chi connectivity index (χ1v) is 9.93. The number of hydrogen-bond donors (Lipinski definition) is 0. The van der Waals surface area contributed by atoms with Gasteiger partial charge in [-0.05, 0) is 41.0 Å². The van der Waals surface area contributed by atoms with Crippen LogP contribution in [0.1, 0.15) is 15.9 Å². The van der Waals surface area contributed by atoms with E-state index in [2.05, 4.69) is 0 Å². The van der Waals surface area contributed by atoms with Crippen LogP contribution in [0.4, 0.5) is 0 Å². The fourth-order valence-corrected chi connectivity index (χ4v) is 3.26. The molecule has 0 aliphatic rings. The van der Waals surface area contributed by atoms with Gasteiger partial charge in [0.25, 0.3) is 0 Å². The highest BCUT2D eigenvalue weighted by Crippen LogP contribution is 2.28. The minimum Gasteiger partial charge on any atom is -0.488 e. The summed E-state index contributed by atoms with van der Waals surface area (Å²) < 4.78 is 29.2. The molecule has 0 radical (unpaired) electrons. The van der Waals surface area contributed by atoms with Crippen molar-refractivity contribution in [1.29, 1.82) is 0 Å². The molecule has 0 amide bonds. The third-order valence-corrected chi connectivity index (χ3v) is 5.08. The zero-order chi connectivity index (χ0) is 18.6. The number of rotatable bonds is 6. The molecule has 0 aliphatic heterocycles. The monoisotopic (exact) mass is 366 g/mol. The minimum absolute atomic E-state index is 0.243. The molecule has 0 heterocycles. The number of sulfone groups is 1. The minimum atomic E-state index is -3.29. The molecule has 0 aliphatic carbocycles. The molecule has 3 aromatic carbocycles. The van der Waals surface area contributed by atoms with Gasteiger partial charge < -0.3 is 4.74 Å². The summed E-state index contributed by atoms with van der Waals surface area (Å²) in [6.07, 6.45) is 1.91. The van der Waals surface area contributed by atoms with E-state index in [9.17, 15) is 13.2 Å². The topological polar surface area (TPSA) is 60.4 Å². The van der Waals surface area contributed by atoms with Crippen LogP contribution in [0.3, 0.4) is 0 Å². The number of aldehydes is 1. The van der Waals surface area contributed by atoms with Crippen LogP contribution in [0.25, 0.3) is 11.1 Å². The van der Waals surface area contributed by atoms with Gasteiger partial charge >= 0.3 is 0 Å². The van der Waals surface area contributed by atoms with Crippen molar-refractivity contribution in [2.75, 3.05) is 6.26 Å². The average molecular weight is 366 g/mol. The highest BCUT2D eigenvalue weighted by molar-refractivity contribution is 7.90. The lowest BCUT2D eigenvalue weighted by molar-refractivity contribution is 0.111. The molecule has 0 unspecified atom stereocenters. The zero-order valence-electron chi connectivity index (χ0n) is 14.3. The first-order chi connectivity index (χ1) is 12.5. The number of carbonyl (C=O) groups is 1. The third kappa shape index (κ3) is 4.18. The highest BCUT2D eigenvalue weighted by Gasteiger charge is 2.10. The third-order valence-electron chi connectivity index (χ3n) is 3.97. The molecule has 4 nitrogen and oxygen atoms in total. The summed E-state index contributed by atoms with van der Waals surface area (Å²) in [7, 11) is -3.29. The van der Waals surface area contributed by atoms with Crippen molar-refractivity contribution in [2.45, 2.75) is 11.5 Å². The van der Waals surface area contributed by atoms with Crippen molar-refractivity contribution in [3.8, 4) is 16.9 Å². The van der Waals surface area contributed by atoms with E-state index in [1.807, 2.05) is 42.5 Å². The SMILES string of the molecule is CS(=O)(=O)c1cccc(-c2ccc(OCc3ccccc3)c(C=O)c2)c1. The van der Waals surface area contributed by atoms with Gasteiger partial charge in [0.2, 0.25) is 0 Å². The molecule has 3 rings (SSSR count). The van der Waals surface area contributed by atoms with E-state index in [4.69, 9.17) is 4.74 Å². The molecule has 0 atom stereocenters. The Balaban J connectivity index is 1.88. The fraction of sp³-hybridized carbons (Fsp3) is 0.0952. The van der Waals surface area contributed by atoms with Gasteiger partial charge in [-0.2, -0.15) is 0 Å². The second-order valence-corrected chi connectivity index (χ2v) is 7.96. The molecule has 5 heteroatoms. The maximum Gasteiger partial charge on any atom is 0.175 e. The van der Waals surface area contributed by atoms with Gasteiger partial charge in [0.15, 0.2) is 16.1 Å². The van der Waals surface area contributed by atoms with Crippen LogP contribution >= 0.6 is 0 Å². The van der Waals surface area contributed by atoms with Crippen molar-refractivity contribution in [2.24, 2.45) is 0 Å².